The zero-order valence-corrected chi connectivity index (χ0v) is 11.7. The monoisotopic (exact) mass is 255 g/mol. The van der Waals surface area contributed by atoms with E-state index in [4.69, 9.17) is 4.74 Å². The molecule has 0 saturated heterocycles. The van der Waals surface area contributed by atoms with Crippen molar-refractivity contribution in [1.29, 1.82) is 0 Å². The van der Waals surface area contributed by atoms with Crippen molar-refractivity contribution in [1.82, 2.24) is 5.32 Å². The summed E-state index contributed by atoms with van der Waals surface area (Å²) in [5, 5.41) is 12.4. The van der Waals surface area contributed by atoms with Crippen LogP contribution >= 0.6 is 0 Å². The molecule has 0 aliphatic carbocycles. The third-order valence-electron chi connectivity index (χ3n) is 4.05. The second kappa shape index (κ2) is 6.78. The van der Waals surface area contributed by atoms with Crippen molar-refractivity contribution in [3.8, 4) is 0 Å². The zero-order chi connectivity index (χ0) is 13.6. The summed E-state index contributed by atoms with van der Waals surface area (Å²) in [4.78, 5) is 12.1. The number of rotatable bonds is 6. The maximum atomic E-state index is 12.1. The van der Waals surface area contributed by atoms with Crippen molar-refractivity contribution >= 4 is 5.91 Å². The van der Waals surface area contributed by atoms with Gasteiger partial charge in [0.2, 0.25) is 0 Å². The maximum absolute atomic E-state index is 12.1. The molecule has 0 bridgehead atoms. The van der Waals surface area contributed by atoms with E-state index in [0.29, 0.717) is 13.2 Å². The highest BCUT2D eigenvalue weighted by molar-refractivity contribution is 5.93. The van der Waals surface area contributed by atoms with Gasteiger partial charge in [-0.05, 0) is 32.6 Å². The molecule has 0 atom stereocenters. The Bertz CT molecular complexity index is 311. The van der Waals surface area contributed by atoms with E-state index in [1.807, 2.05) is 20.8 Å². The molecule has 4 nitrogen and oxygen atoms in total. The molecule has 0 unspecified atom stereocenters. The van der Waals surface area contributed by atoms with Gasteiger partial charge in [-0.25, -0.2) is 0 Å². The lowest BCUT2D eigenvalue weighted by molar-refractivity contribution is -0.118. The van der Waals surface area contributed by atoms with E-state index in [2.05, 4.69) is 5.32 Å². The van der Waals surface area contributed by atoms with Gasteiger partial charge in [0.25, 0.3) is 5.91 Å². The smallest absolute Gasteiger partial charge is 0.250 e. The van der Waals surface area contributed by atoms with Gasteiger partial charge in [-0.3, -0.25) is 4.79 Å². The summed E-state index contributed by atoms with van der Waals surface area (Å²) >= 11 is 0. The van der Waals surface area contributed by atoms with Gasteiger partial charge in [0.1, 0.15) is 5.76 Å². The molecule has 1 amide bonds. The SMILES string of the molecule is CCC(CC)(CO)CNC(=O)C1=C(C)OCCC1. The fourth-order valence-corrected chi connectivity index (χ4v) is 2.16. The fourth-order valence-electron chi connectivity index (χ4n) is 2.16. The van der Waals surface area contributed by atoms with Gasteiger partial charge in [-0.15, -0.1) is 0 Å². The van der Waals surface area contributed by atoms with Crippen LogP contribution in [0, 0.1) is 5.41 Å². The molecule has 104 valence electrons. The van der Waals surface area contributed by atoms with Crippen LogP contribution in [0.2, 0.25) is 0 Å². The van der Waals surface area contributed by atoms with E-state index >= 15 is 0 Å². The molecular formula is C14H25NO3. The van der Waals surface area contributed by atoms with Crippen LogP contribution in [0.3, 0.4) is 0 Å². The van der Waals surface area contributed by atoms with Crippen molar-refractivity contribution < 1.29 is 14.6 Å². The number of carbonyl (C=O) groups is 1. The van der Waals surface area contributed by atoms with Crippen molar-refractivity contribution in [2.45, 2.75) is 46.5 Å². The first kappa shape index (κ1) is 15.0. The van der Waals surface area contributed by atoms with Gasteiger partial charge in [0, 0.05) is 12.0 Å². The fraction of sp³-hybridized carbons (Fsp3) is 0.786. The van der Waals surface area contributed by atoms with Crippen LogP contribution in [0.1, 0.15) is 46.5 Å². The van der Waals surface area contributed by atoms with Crippen LogP contribution in [0.5, 0.6) is 0 Å². The van der Waals surface area contributed by atoms with E-state index < -0.39 is 0 Å². The van der Waals surface area contributed by atoms with Gasteiger partial charge >= 0.3 is 0 Å². The number of allylic oxidation sites excluding steroid dienone is 1. The Morgan fingerprint density at radius 3 is 2.61 bits per heavy atom. The van der Waals surface area contributed by atoms with Gasteiger partial charge in [0.05, 0.1) is 18.8 Å². The molecule has 18 heavy (non-hydrogen) atoms. The Morgan fingerprint density at radius 2 is 2.11 bits per heavy atom. The van der Waals surface area contributed by atoms with Crippen LogP contribution < -0.4 is 5.32 Å². The second-order valence-electron chi connectivity index (χ2n) is 5.03. The first-order valence-electron chi connectivity index (χ1n) is 6.80. The van der Waals surface area contributed by atoms with Gasteiger partial charge in [-0.1, -0.05) is 13.8 Å². The summed E-state index contributed by atoms with van der Waals surface area (Å²) < 4.78 is 5.39. The van der Waals surface area contributed by atoms with Gasteiger partial charge in [0.15, 0.2) is 0 Å². The normalized spacial score (nSPS) is 16.4. The largest absolute Gasteiger partial charge is 0.498 e. The number of hydrogen-bond donors (Lipinski definition) is 2. The van der Waals surface area contributed by atoms with Crippen LogP contribution in [0.4, 0.5) is 0 Å². The van der Waals surface area contributed by atoms with Crippen molar-refractivity contribution in [3.05, 3.63) is 11.3 Å². The molecule has 1 rings (SSSR count). The molecule has 0 radical (unpaired) electrons. The topological polar surface area (TPSA) is 58.6 Å². The average Bonchev–Trinajstić information content (AvgIpc) is 2.41. The number of aliphatic hydroxyl groups excluding tert-OH is 1. The first-order chi connectivity index (χ1) is 8.58. The van der Waals surface area contributed by atoms with Crippen LogP contribution in [-0.2, 0) is 9.53 Å². The molecule has 4 heteroatoms. The predicted molar refractivity (Wildman–Crippen MR) is 71.0 cm³/mol. The molecule has 0 aromatic heterocycles. The summed E-state index contributed by atoms with van der Waals surface area (Å²) in [7, 11) is 0. The molecule has 2 N–H and O–H groups in total. The highest BCUT2D eigenvalue weighted by Gasteiger charge is 2.27. The van der Waals surface area contributed by atoms with E-state index in [0.717, 1.165) is 37.0 Å². The van der Waals surface area contributed by atoms with Gasteiger partial charge in [-0.2, -0.15) is 0 Å². The Hall–Kier alpha value is -1.03. The summed E-state index contributed by atoms with van der Waals surface area (Å²) in [6, 6.07) is 0. The Balaban J connectivity index is 2.60. The number of carbonyl (C=O) groups excluding carboxylic acids is 1. The minimum absolute atomic E-state index is 0.0491. The summed E-state index contributed by atoms with van der Waals surface area (Å²) in [6.45, 7) is 7.25. The average molecular weight is 255 g/mol. The summed E-state index contributed by atoms with van der Waals surface area (Å²) in [5.74, 6) is 0.688. The van der Waals surface area contributed by atoms with Crippen LogP contribution in [0.25, 0.3) is 0 Å². The summed E-state index contributed by atoms with van der Waals surface area (Å²) in [6.07, 6.45) is 3.39. The number of amides is 1. The molecule has 1 aliphatic heterocycles. The van der Waals surface area contributed by atoms with Crippen LogP contribution in [0.15, 0.2) is 11.3 Å². The number of hydrogen-bond acceptors (Lipinski definition) is 3. The molecule has 0 saturated carbocycles. The van der Waals surface area contributed by atoms with E-state index in [1.54, 1.807) is 0 Å². The van der Waals surface area contributed by atoms with Crippen LogP contribution in [-0.4, -0.2) is 30.8 Å². The number of aliphatic hydroxyl groups is 1. The highest BCUT2D eigenvalue weighted by Crippen LogP contribution is 2.25. The van der Waals surface area contributed by atoms with Crippen molar-refractivity contribution in [3.63, 3.8) is 0 Å². The third kappa shape index (κ3) is 3.48. The quantitative estimate of drug-likeness (QED) is 0.763. The lowest BCUT2D eigenvalue weighted by Gasteiger charge is -2.30. The number of ether oxygens (including phenoxy) is 1. The minimum Gasteiger partial charge on any atom is -0.498 e. The van der Waals surface area contributed by atoms with E-state index in [1.165, 1.54) is 0 Å². The predicted octanol–water partition coefficient (Wildman–Crippen LogP) is 1.99. The highest BCUT2D eigenvalue weighted by atomic mass is 16.5. The molecular weight excluding hydrogens is 230 g/mol. The lowest BCUT2D eigenvalue weighted by Crippen LogP contribution is -2.40. The standard InChI is InChI=1S/C14H25NO3/c1-4-14(5-2,10-16)9-15-13(17)12-7-6-8-18-11(12)3/h16H,4-10H2,1-3H3,(H,15,17). The zero-order valence-electron chi connectivity index (χ0n) is 11.7. The maximum Gasteiger partial charge on any atom is 0.250 e. The molecule has 1 heterocycles. The first-order valence-corrected chi connectivity index (χ1v) is 6.80. The molecule has 0 aromatic carbocycles. The Kier molecular flexibility index (Phi) is 5.66. The summed E-state index contributed by atoms with van der Waals surface area (Å²) in [5.41, 5.74) is 0.555. The molecule has 0 fully saturated rings. The molecule has 0 aromatic rings. The van der Waals surface area contributed by atoms with Gasteiger partial charge < -0.3 is 15.2 Å². The minimum atomic E-state index is -0.195. The number of nitrogens with one attached hydrogen (secondary N) is 1. The Labute approximate surface area is 109 Å². The Morgan fingerprint density at radius 1 is 1.44 bits per heavy atom. The molecule has 0 spiro atoms. The van der Waals surface area contributed by atoms with E-state index in [-0.39, 0.29) is 17.9 Å². The second-order valence-corrected chi connectivity index (χ2v) is 5.03. The third-order valence-corrected chi connectivity index (χ3v) is 4.05. The van der Waals surface area contributed by atoms with Crippen molar-refractivity contribution in [2.75, 3.05) is 19.8 Å². The van der Waals surface area contributed by atoms with E-state index in [9.17, 15) is 9.90 Å². The lowest BCUT2D eigenvalue weighted by atomic mass is 9.83. The van der Waals surface area contributed by atoms with Crippen molar-refractivity contribution in [2.24, 2.45) is 5.41 Å². The molecule has 1 aliphatic rings.